The van der Waals surface area contributed by atoms with Gasteiger partial charge in [0.1, 0.15) is 0 Å². The summed E-state index contributed by atoms with van der Waals surface area (Å²) in [6.07, 6.45) is 10.4. The van der Waals surface area contributed by atoms with E-state index in [9.17, 15) is 0 Å². The van der Waals surface area contributed by atoms with E-state index in [4.69, 9.17) is 5.73 Å². The van der Waals surface area contributed by atoms with E-state index in [0.717, 1.165) is 11.2 Å². The van der Waals surface area contributed by atoms with Crippen molar-refractivity contribution in [2.75, 3.05) is 18.3 Å². The molecule has 0 aliphatic carbocycles. The molecular formula is C12H27NS. The third-order valence-corrected chi connectivity index (χ3v) is 6.64. The van der Waals surface area contributed by atoms with Crippen molar-refractivity contribution in [2.45, 2.75) is 50.8 Å². The zero-order valence-electron chi connectivity index (χ0n) is 10.3. The predicted molar refractivity (Wildman–Crippen MR) is 69.4 cm³/mol. The summed E-state index contributed by atoms with van der Waals surface area (Å²) in [6, 6.07) is 0.400. The van der Waals surface area contributed by atoms with Crippen LogP contribution in [0.25, 0.3) is 0 Å². The molecule has 0 spiro atoms. The molecule has 0 aromatic rings. The van der Waals surface area contributed by atoms with E-state index in [1.165, 1.54) is 31.4 Å². The van der Waals surface area contributed by atoms with Gasteiger partial charge in [0.05, 0.1) is 0 Å². The van der Waals surface area contributed by atoms with E-state index in [0.29, 0.717) is 6.04 Å². The van der Waals surface area contributed by atoms with Crippen molar-refractivity contribution in [1.82, 2.24) is 0 Å². The van der Waals surface area contributed by atoms with Crippen LogP contribution in [0.3, 0.4) is 0 Å². The minimum absolute atomic E-state index is 0.167. The van der Waals surface area contributed by atoms with Gasteiger partial charge in [0.25, 0.3) is 0 Å². The summed E-state index contributed by atoms with van der Waals surface area (Å²) in [5.74, 6) is 2.29. The number of hydrogen-bond donors (Lipinski definition) is 1. The van der Waals surface area contributed by atoms with Crippen LogP contribution < -0.4 is 5.73 Å². The SMILES string of the molecule is CCCCC(CC1CS1(C)C)C(C)N. The Morgan fingerprint density at radius 3 is 2.36 bits per heavy atom. The number of rotatable bonds is 6. The average molecular weight is 217 g/mol. The maximum absolute atomic E-state index is 6.05. The first-order chi connectivity index (χ1) is 6.47. The Kier molecular flexibility index (Phi) is 4.32. The molecule has 2 N–H and O–H groups in total. The molecule has 86 valence electrons. The topological polar surface area (TPSA) is 26.0 Å². The van der Waals surface area contributed by atoms with Gasteiger partial charge in [0, 0.05) is 6.04 Å². The van der Waals surface area contributed by atoms with Crippen molar-refractivity contribution in [3.8, 4) is 0 Å². The predicted octanol–water partition coefficient (Wildman–Crippen LogP) is 2.98. The van der Waals surface area contributed by atoms with Crippen molar-refractivity contribution in [3.05, 3.63) is 0 Å². The molecule has 1 rings (SSSR count). The van der Waals surface area contributed by atoms with Crippen LogP contribution in [0.4, 0.5) is 0 Å². The first-order valence-electron chi connectivity index (χ1n) is 5.92. The molecular weight excluding hydrogens is 190 g/mol. The van der Waals surface area contributed by atoms with E-state index >= 15 is 0 Å². The smallest absolute Gasteiger partial charge is 0.00391 e. The molecule has 1 fully saturated rings. The van der Waals surface area contributed by atoms with Crippen LogP contribution in [0.2, 0.25) is 0 Å². The first-order valence-corrected chi connectivity index (χ1v) is 8.61. The Labute approximate surface area is 91.1 Å². The summed E-state index contributed by atoms with van der Waals surface area (Å²) >= 11 is 0. The summed E-state index contributed by atoms with van der Waals surface area (Å²) in [6.45, 7) is 4.45. The van der Waals surface area contributed by atoms with Crippen molar-refractivity contribution < 1.29 is 0 Å². The highest BCUT2D eigenvalue weighted by atomic mass is 32.3. The summed E-state index contributed by atoms with van der Waals surface area (Å²) < 4.78 is 0. The van der Waals surface area contributed by atoms with Gasteiger partial charge in [-0.2, -0.15) is 0 Å². The van der Waals surface area contributed by atoms with Crippen LogP contribution in [-0.2, 0) is 0 Å². The average Bonchev–Trinajstić information content (AvgIpc) is 2.67. The van der Waals surface area contributed by atoms with E-state index < -0.39 is 0 Å². The Bertz CT molecular complexity index is 177. The van der Waals surface area contributed by atoms with Crippen molar-refractivity contribution >= 4 is 10.0 Å². The lowest BCUT2D eigenvalue weighted by Crippen LogP contribution is -2.27. The third kappa shape index (κ3) is 3.47. The molecule has 0 saturated carbocycles. The highest BCUT2D eigenvalue weighted by Crippen LogP contribution is 2.64. The lowest BCUT2D eigenvalue weighted by molar-refractivity contribution is 0.381. The molecule has 0 aromatic heterocycles. The van der Waals surface area contributed by atoms with Crippen molar-refractivity contribution in [2.24, 2.45) is 11.7 Å². The molecule has 3 unspecified atom stereocenters. The Morgan fingerprint density at radius 1 is 1.43 bits per heavy atom. The normalized spacial score (nSPS) is 30.8. The van der Waals surface area contributed by atoms with Crippen LogP contribution in [0, 0.1) is 5.92 Å². The lowest BCUT2D eigenvalue weighted by atomic mass is 9.91. The lowest BCUT2D eigenvalue weighted by Gasteiger charge is -2.21. The molecule has 0 amide bonds. The maximum atomic E-state index is 6.05. The first kappa shape index (κ1) is 12.4. The summed E-state index contributed by atoms with van der Waals surface area (Å²) in [5, 5.41) is 1.04. The van der Waals surface area contributed by atoms with Crippen LogP contribution in [0.1, 0.15) is 39.5 Å². The summed E-state index contributed by atoms with van der Waals surface area (Å²) in [4.78, 5) is 0. The van der Waals surface area contributed by atoms with E-state index in [-0.39, 0.29) is 10.0 Å². The van der Waals surface area contributed by atoms with Crippen LogP contribution >= 0.6 is 10.0 Å². The molecule has 1 nitrogen and oxygen atoms in total. The minimum atomic E-state index is -0.167. The van der Waals surface area contributed by atoms with Gasteiger partial charge in [0.2, 0.25) is 0 Å². The van der Waals surface area contributed by atoms with Crippen LogP contribution in [-0.4, -0.2) is 29.6 Å². The van der Waals surface area contributed by atoms with Gasteiger partial charge in [-0.1, -0.05) is 19.8 Å². The molecule has 1 heterocycles. The minimum Gasteiger partial charge on any atom is -0.328 e. The highest BCUT2D eigenvalue weighted by molar-refractivity contribution is 8.39. The highest BCUT2D eigenvalue weighted by Gasteiger charge is 2.41. The molecule has 0 aromatic carbocycles. The van der Waals surface area contributed by atoms with Gasteiger partial charge in [-0.3, -0.25) is 0 Å². The van der Waals surface area contributed by atoms with Crippen molar-refractivity contribution in [1.29, 1.82) is 0 Å². The molecule has 1 aliphatic rings. The molecule has 1 saturated heterocycles. The summed E-state index contributed by atoms with van der Waals surface area (Å²) in [5.41, 5.74) is 6.05. The van der Waals surface area contributed by atoms with E-state index in [2.05, 4.69) is 26.4 Å². The van der Waals surface area contributed by atoms with Gasteiger partial charge in [-0.15, -0.1) is 0 Å². The van der Waals surface area contributed by atoms with Gasteiger partial charge < -0.3 is 5.73 Å². The monoisotopic (exact) mass is 217 g/mol. The fourth-order valence-electron chi connectivity index (χ4n) is 2.17. The molecule has 0 radical (unpaired) electrons. The second kappa shape index (κ2) is 4.89. The molecule has 2 heteroatoms. The Morgan fingerprint density at radius 2 is 2.00 bits per heavy atom. The molecule has 0 bridgehead atoms. The van der Waals surface area contributed by atoms with Gasteiger partial charge in [-0.25, -0.2) is 10.0 Å². The van der Waals surface area contributed by atoms with Crippen LogP contribution in [0.5, 0.6) is 0 Å². The Hall–Kier alpha value is 0.310. The zero-order chi connectivity index (χ0) is 10.8. The van der Waals surface area contributed by atoms with Crippen LogP contribution in [0.15, 0.2) is 0 Å². The van der Waals surface area contributed by atoms with Gasteiger partial charge in [-0.05, 0) is 49.2 Å². The number of hydrogen-bond acceptors (Lipinski definition) is 1. The standard InChI is InChI=1S/C12H27NS/c1-5-6-7-11(10(2)13)8-12-9-14(12,3)4/h10-12H,5-9,13H2,1-4H3. The fourth-order valence-corrected chi connectivity index (χ4v) is 4.77. The quantitative estimate of drug-likeness (QED) is 0.680. The Balaban J connectivity index is 2.29. The number of nitrogens with two attached hydrogens (primary N) is 1. The molecule has 14 heavy (non-hydrogen) atoms. The number of unbranched alkanes of at least 4 members (excludes halogenated alkanes) is 1. The van der Waals surface area contributed by atoms with Gasteiger partial charge >= 0.3 is 0 Å². The maximum Gasteiger partial charge on any atom is 0.00391 e. The van der Waals surface area contributed by atoms with E-state index in [1.807, 2.05) is 0 Å². The van der Waals surface area contributed by atoms with E-state index in [1.54, 1.807) is 0 Å². The fraction of sp³-hybridized carbons (Fsp3) is 1.00. The second-order valence-corrected chi connectivity index (χ2v) is 9.66. The van der Waals surface area contributed by atoms with Gasteiger partial charge in [0.15, 0.2) is 0 Å². The van der Waals surface area contributed by atoms with Crippen molar-refractivity contribution in [3.63, 3.8) is 0 Å². The second-order valence-electron chi connectivity index (χ2n) is 5.41. The largest absolute Gasteiger partial charge is 0.328 e. The molecule has 1 aliphatic heterocycles. The zero-order valence-corrected chi connectivity index (χ0v) is 11.1. The summed E-state index contributed by atoms with van der Waals surface area (Å²) in [7, 11) is -0.167. The third-order valence-electron chi connectivity index (χ3n) is 3.64. The molecule has 3 atom stereocenters.